The number of hydrogen-bond donors (Lipinski definition) is 1. The molecule has 150 valence electrons. The molecule has 1 amide bonds. The minimum absolute atomic E-state index is 0.0228. The quantitative estimate of drug-likeness (QED) is 0.763. The molecule has 0 atom stereocenters. The van der Waals surface area contributed by atoms with Gasteiger partial charge < -0.3 is 15.1 Å². The number of piperidine rings is 1. The smallest absolute Gasteiger partial charge is 0.253 e. The number of benzene rings is 1. The molecule has 0 aliphatic carbocycles. The lowest BCUT2D eigenvalue weighted by atomic mass is 9.96. The molecular weight excluding hydrogens is 395 g/mol. The molecule has 3 rings (SSSR count). The van der Waals surface area contributed by atoms with Crippen molar-refractivity contribution >= 4 is 34.8 Å². The molecule has 0 saturated carbocycles. The first-order valence-electron chi connectivity index (χ1n) is 9.51. The van der Waals surface area contributed by atoms with Gasteiger partial charge >= 0.3 is 0 Å². The highest BCUT2D eigenvalue weighted by Gasteiger charge is 2.23. The van der Waals surface area contributed by atoms with Crippen LogP contribution in [0.3, 0.4) is 0 Å². The van der Waals surface area contributed by atoms with E-state index in [9.17, 15) is 4.79 Å². The van der Waals surface area contributed by atoms with E-state index in [1.54, 1.807) is 18.2 Å². The van der Waals surface area contributed by atoms with Gasteiger partial charge in [-0.25, -0.2) is 0 Å². The number of nitrogens with one attached hydrogen (secondary N) is 1. The summed E-state index contributed by atoms with van der Waals surface area (Å²) in [7, 11) is 4.05. The van der Waals surface area contributed by atoms with Crippen LogP contribution in [0, 0.1) is 5.92 Å². The minimum atomic E-state index is 0.0228. The lowest BCUT2D eigenvalue weighted by Crippen LogP contribution is -2.40. The first-order valence-corrected chi connectivity index (χ1v) is 10.3. The molecule has 0 bridgehead atoms. The van der Waals surface area contributed by atoms with E-state index in [4.69, 9.17) is 23.2 Å². The van der Waals surface area contributed by atoms with E-state index in [1.807, 2.05) is 31.3 Å². The summed E-state index contributed by atoms with van der Waals surface area (Å²) >= 11 is 12.0. The van der Waals surface area contributed by atoms with Crippen molar-refractivity contribution in [2.75, 3.05) is 38.6 Å². The summed E-state index contributed by atoms with van der Waals surface area (Å²) in [6.07, 6.45) is 3.83. The van der Waals surface area contributed by atoms with Crippen molar-refractivity contribution in [2.45, 2.75) is 19.4 Å². The van der Waals surface area contributed by atoms with E-state index in [1.165, 1.54) is 0 Å². The summed E-state index contributed by atoms with van der Waals surface area (Å²) < 4.78 is 0. The van der Waals surface area contributed by atoms with Crippen LogP contribution in [0.4, 0.5) is 5.69 Å². The van der Waals surface area contributed by atoms with Crippen molar-refractivity contribution in [3.63, 3.8) is 0 Å². The second-order valence-corrected chi connectivity index (χ2v) is 8.21. The molecule has 1 aliphatic rings. The third kappa shape index (κ3) is 5.37. The van der Waals surface area contributed by atoms with Crippen molar-refractivity contribution in [2.24, 2.45) is 5.92 Å². The number of aromatic nitrogens is 1. The number of pyridine rings is 1. The van der Waals surface area contributed by atoms with Gasteiger partial charge in [0.15, 0.2) is 0 Å². The highest BCUT2D eigenvalue weighted by molar-refractivity contribution is 6.42. The Morgan fingerprint density at radius 1 is 1.18 bits per heavy atom. The fraction of sp³-hybridized carbons (Fsp3) is 0.429. The second kappa shape index (κ2) is 9.59. The van der Waals surface area contributed by atoms with Gasteiger partial charge in [0.2, 0.25) is 0 Å². The molecule has 2 aromatic rings. The summed E-state index contributed by atoms with van der Waals surface area (Å²) in [6, 6.07) is 9.16. The highest BCUT2D eigenvalue weighted by Crippen LogP contribution is 2.25. The third-order valence-corrected chi connectivity index (χ3v) is 5.86. The summed E-state index contributed by atoms with van der Waals surface area (Å²) in [4.78, 5) is 21.1. The summed E-state index contributed by atoms with van der Waals surface area (Å²) in [5.74, 6) is 0.588. The maximum Gasteiger partial charge on any atom is 0.253 e. The van der Waals surface area contributed by atoms with Crippen LogP contribution < -0.4 is 10.2 Å². The molecule has 0 unspecified atom stereocenters. The number of rotatable bonds is 6. The molecule has 2 heterocycles. The van der Waals surface area contributed by atoms with Crippen LogP contribution in [0.5, 0.6) is 0 Å². The Kier molecular flexibility index (Phi) is 7.16. The molecular formula is C21H26Cl2N4O. The number of carbonyl (C=O) groups excluding carboxylic acids is 1. The standard InChI is InChI=1S/C21H26Cl2N4O/c1-26(2)18-5-8-25-17(12-18)14-24-13-15-6-9-27(10-7-15)21(28)16-3-4-19(22)20(23)11-16/h3-5,8,11-12,15,24H,6-7,9-10,13-14H2,1-2H3. The fourth-order valence-electron chi connectivity index (χ4n) is 3.40. The number of nitrogens with zero attached hydrogens (tertiary/aromatic N) is 3. The maximum atomic E-state index is 12.7. The van der Waals surface area contributed by atoms with E-state index >= 15 is 0 Å². The monoisotopic (exact) mass is 420 g/mol. The van der Waals surface area contributed by atoms with Crippen LogP contribution in [0.1, 0.15) is 28.9 Å². The summed E-state index contributed by atoms with van der Waals surface area (Å²) in [6.45, 7) is 3.21. The van der Waals surface area contributed by atoms with Gasteiger partial charge in [-0.3, -0.25) is 9.78 Å². The van der Waals surface area contributed by atoms with Gasteiger partial charge in [-0.15, -0.1) is 0 Å². The van der Waals surface area contributed by atoms with E-state index in [2.05, 4.69) is 21.3 Å². The second-order valence-electron chi connectivity index (χ2n) is 7.40. The Morgan fingerprint density at radius 3 is 2.61 bits per heavy atom. The Bertz CT molecular complexity index is 820. The number of likely N-dealkylation sites (tertiary alicyclic amines) is 1. The molecule has 7 heteroatoms. The van der Waals surface area contributed by atoms with Gasteiger partial charge in [0.25, 0.3) is 5.91 Å². The molecule has 5 nitrogen and oxygen atoms in total. The van der Waals surface area contributed by atoms with Gasteiger partial charge in [0.1, 0.15) is 0 Å². The Balaban J connectivity index is 1.44. The molecule has 1 aromatic heterocycles. The van der Waals surface area contributed by atoms with Crippen molar-refractivity contribution < 1.29 is 4.79 Å². The maximum absolute atomic E-state index is 12.7. The molecule has 0 spiro atoms. The SMILES string of the molecule is CN(C)c1ccnc(CNCC2CCN(C(=O)c3ccc(Cl)c(Cl)c3)CC2)c1. The Hall–Kier alpha value is -1.82. The van der Waals surface area contributed by atoms with Crippen LogP contribution in [0.2, 0.25) is 10.0 Å². The van der Waals surface area contributed by atoms with Gasteiger partial charge in [-0.05, 0) is 55.6 Å². The molecule has 1 saturated heterocycles. The van der Waals surface area contributed by atoms with Gasteiger partial charge in [-0.1, -0.05) is 23.2 Å². The van der Waals surface area contributed by atoms with Crippen LogP contribution in [-0.4, -0.2) is 49.5 Å². The van der Waals surface area contributed by atoms with E-state index in [-0.39, 0.29) is 5.91 Å². The fourth-order valence-corrected chi connectivity index (χ4v) is 3.69. The Morgan fingerprint density at radius 2 is 1.93 bits per heavy atom. The molecule has 1 aliphatic heterocycles. The van der Waals surface area contributed by atoms with Crippen molar-refractivity contribution in [3.05, 3.63) is 57.8 Å². The topological polar surface area (TPSA) is 48.5 Å². The van der Waals surface area contributed by atoms with Crippen LogP contribution in [-0.2, 0) is 6.54 Å². The van der Waals surface area contributed by atoms with Gasteiger partial charge in [-0.2, -0.15) is 0 Å². The van der Waals surface area contributed by atoms with E-state index in [0.717, 1.165) is 50.4 Å². The summed E-state index contributed by atoms with van der Waals surface area (Å²) in [5, 5.41) is 4.39. The average Bonchev–Trinajstić information content (AvgIpc) is 2.70. The zero-order chi connectivity index (χ0) is 20.1. The average molecular weight is 421 g/mol. The summed E-state index contributed by atoms with van der Waals surface area (Å²) in [5.41, 5.74) is 2.79. The van der Waals surface area contributed by atoms with Crippen LogP contribution in [0.15, 0.2) is 36.5 Å². The lowest BCUT2D eigenvalue weighted by Gasteiger charge is -2.32. The molecule has 0 radical (unpaired) electrons. The lowest BCUT2D eigenvalue weighted by molar-refractivity contribution is 0.0690. The number of amides is 1. The predicted molar refractivity (Wildman–Crippen MR) is 115 cm³/mol. The number of anilines is 1. The van der Waals surface area contributed by atoms with E-state index in [0.29, 0.717) is 21.5 Å². The molecule has 1 N–H and O–H groups in total. The number of hydrogen-bond acceptors (Lipinski definition) is 4. The van der Waals surface area contributed by atoms with E-state index < -0.39 is 0 Å². The first-order chi connectivity index (χ1) is 13.4. The molecule has 1 aromatic carbocycles. The minimum Gasteiger partial charge on any atom is -0.378 e. The van der Waals surface area contributed by atoms with Crippen molar-refractivity contribution in [3.8, 4) is 0 Å². The van der Waals surface area contributed by atoms with Crippen molar-refractivity contribution in [1.29, 1.82) is 0 Å². The van der Waals surface area contributed by atoms with Crippen LogP contribution >= 0.6 is 23.2 Å². The zero-order valence-corrected chi connectivity index (χ0v) is 17.8. The predicted octanol–water partition coefficient (Wildman–Crippen LogP) is 4.10. The zero-order valence-electron chi connectivity index (χ0n) is 16.3. The van der Waals surface area contributed by atoms with Crippen molar-refractivity contribution in [1.82, 2.24) is 15.2 Å². The van der Waals surface area contributed by atoms with Gasteiger partial charge in [0, 0.05) is 51.2 Å². The normalized spacial score (nSPS) is 14.9. The number of halogens is 2. The highest BCUT2D eigenvalue weighted by atomic mass is 35.5. The molecule has 1 fully saturated rings. The van der Waals surface area contributed by atoms with Crippen LogP contribution in [0.25, 0.3) is 0 Å². The number of carbonyl (C=O) groups is 1. The van der Waals surface area contributed by atoms with Gasteiger partial charge in [0.05, 0.1) is 15.7 Å². The largest absolute Gasteiger partial charge is 0.378 e. The third-order valence-electron chi connectivity index (χ3n) is 5.12. The molecule has 28 heavy (non-hydrogen) atoms. The first kappa shape index (κ1) is 20.9. The Labute approximate surface area is 176 Å².